The molecule has 5 N–H and O–H groups in total. The van der Waals surface area contributed by atoms with E-state index in [1.807, 2.05) is 36.9 Å². The van der Waals surface area contributed by atoms with E-state index in [1.165, 1.54) is 13.2 Å². The van der Waals surface area contributed by atoms with Crippen LogP contribution in [-0.2, 0) is 11.3 Å². The molecule has 1 saturated heterocycles. The Morgan fingerprint density at radius 3 is 2.56 bits per heavy atom. The summed E-state index contributed by atoms with van der Waals surface area (Å²) in [6, 6.07) is 17.9. The van der Waals surface area contributed by atoms with Crippen molar-refractivity contribution >= 4 is 28.9 Å². The van der Waals surface area contributed by atoms with Gasteiger partial charge in [-0.25, -0.2) is 4.39 Å². The van der Waals surface area contributed by atoms with Gasteiger partial charge in [-0.3, -0.25) is 24.9 Å². The number of nitrogens with zero attached hydrogens (tertiary/aromatic N) is 2. The van der Waals surface area contributed by atoms with E-state index in [1.54, 1.807) is 54.9 Å². The van der Waals surface area contributed by atoms with Crippen molar-refractivity contribution in [1.29, 1.82) is 5.41 Å². The van der Waals surface area contributed by atoms with Crippen LogP contribution in [0.3, 0.4) is 0 Å². The third-order valence-electron chi connectivity index (χ3n) is 8.17. The Bertz CT molecular complexity index is 1730. The summed E-state index contributed by atoms with van der Waals surface area (Å²) < 4.78 is 20.5. The van der Waals surface area contributed by atoms with Gasteiger partial charge >= 0.3 is 0 Å². The zero-order chi connectivity index (χ0) is 32.1. The number of nitrogens with two attached hydrogens (primary N) is 1. The smallest absolute Gasteiger partial charge is 0.251 e. The molecular formula is C35H37FN6O3. The lowest BCUT2D eigenvalue weighted by Crippen LogP contribution is -2.55. The van der Waals surface area contributed by atoms with Crippen molar-refractivity contribution in [3.05, 3.63) is 118 Å². The summed E-state index contributed by atoms with van der Waals surface area (Å²) in [5, 5.41) is 14.8. The fourth-order valence-electron chi connectivity index (χ4n) is 5.75. The standard InChI is InChI=1S/C35H37FN6O3/c1-21-7-11-30(22(2)17-21)41-35(44)31-12-9-25(19-42(31)20-27-28(36)5-4-6-32(27)45-3)40-34(43)24-8-10-29(37)26(18-24)33(38)23-13-15-39-16-14-23/h4-8,10-11,13-18,25,31,38H,9,12,19-20,37H2,1-3H3,(H,40,43)(H,41,44)/t25-,31?/m1/s1. The van der Waals surface area contributed by atoms with Gasteiger partial charge in [0.1, 0.15) is 11.6 Å². The number of carbonyl (C=O) groups excluding carboxylic acids is 2. The van der Waals surface area contributed by atoms with Crippen molar-refractivity contribution in [2.24, 2.45) is 0 Å². The van der Waals surface area contributed by atoms with Gasteiger partial charge in [0.25, 0.3) is 5.91 Å². The van der Waals surface area contributed by atoms with E-state index in [9.17, 15) is 9.59 Å². The summed E-state index contributed by atoms with van der Waals surface area (Å²) in [5.74, 6) is -0.564. The normalized spacial score (nSPS) is 16.5. The Labute approximate surface area is 262 Å². The molecule has 45 heavy (non-hydrogen) atoms. The van der Waals surface area contributed by atoms with E-state index in [2.05, 4.69) is 15.6 Å². The third-order valence-corrected chi connectivity index (χ3v) is 8.17. The molecule has 0 saturated carbocycles. The van der Waals surface area contributed by atoms with Crippen LogP contribution in [-0.4, -0.2) is 53.1 Å². The minimum atomic E-state index is -0.563. The molecule has 1 aliphatic rings. The van der Waals surface area contributed by atoms with Gasteiger partial charge in [0.05, 0.1) is 18.9 Å². The summed E-state index contributed by atoms with van der Waals surface area (Å²) >= 11 is 0. The number of amides is 2. The number of carbonyl (C=O) groups is 2. The van der Waals surface area contributed by atoms with E-state index in [0.29, 0.717) is 53.1 Å². The van der Waals surface area contributed by atoms with Gasteiger partial charge < -0.3 is 21.1 Å². The van der Waals surface area contributed by atoms with Crippen LogP contribution in [0.1, 0.15) is 51.0 Å². The number of likely N-dealkylation sites (tertiary alicyclic amines) is 1. The number of halogens is 1. The van der Waals surface area contributed by atoms with Crippen molar-refractivity contribution < 1.29 is 18.7 Å². The Balaban J connectivity index is 1.36. The zero-order valence-electron chi connectivity index (χ0n) is 25.6. The second-order valence-electron chi connectivity index (χ2n) is 11.3. The number of nitrogens with one attached hydrogen (secondary N) is 3. The van der Waals surface area contributed by atoms with E-state index in [-0.39, 0.29) is 30.1 Å². The lowest BCUT2D eigenvalue weighted by molar-refractivity contribution is -0.123. The Kier molecular flexibility index (Phi) is 9.53. The van der Waals surface area contributed by atoms with Gasteiger partial charge in [0.15, 0.2) is 0 Å². The number of piperidine rings is 1. The number of pyridine rings is 1. The molecule has 0 aliphatic carbocycles. The number of aryl methyl sites for hydroxylation is 2. The minimum absolute atomic E-state index is 0.113. The molecule has 0 spiro atoms. The molecular weight excluding hydrogens is 571 g/mol. The molecule has 10 heteroatoms. The Hall–Kier alpha value is -5.09. The maximum absolute atomic E-state index is 15.0. The van der Waals surface area contributed by atoms with E-state index < -0.39 is 11.9 Å². The number of hydrogen-bond donors (Lipinski definition) is 4. The van der Waals surface area contributed by atoms with E-state index in [0.717, 1.165) is 16.8 Å². The van der Waals surface area contributed by atoms with Crippen molar-refractivity contribution in [1.82, 2.24) is 15.2 Å². The van der Waals surface area contributed by atoms with Crippen LogP contribution in [0.15, 0.2) is 79.1 Å². The summed E-state index contributed by atoms with van der Waals surface area (Å²) in [5.41, 5.74) is 11.3. The molecule has 2 atom stereocenters. The molecule has 4 aromatic rings. The Morgan fingerprint density at radius 1 is 1.04 bits per heavy atom. The van der Waals surface area contributed by atoms with E-state index in [4.69, 9.17) is 15.9 Å². The molecule has 5 rings (SSSR count). The summed E-state index contributed by atoms with van der Waals surface area (Å²) in [7, 11) is 1.48. The van der Waals surface area contributed by atoms with Crippen LogP contribution >= 0.6 is 0 Å². The third kappa shape index (κ3) is 7.18. The number of rotatable bonds is 9. The predicted molar refractivity (Wildman–Crippen MR) is 173 cm³/mol. The molecule has 2 amide bonds. The first-order valence-electron chi connectivity index (χ1n) is 14.8. The minimum Gasteiger partial charge on any atom is -0.496 e. The second kappa shape index (κ2) is 13.7. The number of benzene rings is 3. The first kappa shape index (κ1) is 31.3. The van der Waals surface area contributed by atoms with Crippen LogP contribution in [0.25, 0.3) is 0 Å². The van der Waals surface area contributed by atoms with Gasteiger partial charge in [-0.15, -0.1) is 0 Å². The van der Waals surface area contributed by atoms with Crippen molar-refractivity contribution in [3.8, 4) is 5.75 Å². The fourth-order valence-corrected chi connectivity index (χ4v) is 5.75. The number of hydrogen-bond acceptors (Lipinski definition) is 7. The zero-order valence-corrected chi connectivity index (χ0v) is 25.6. The lowest BCUT2D eigenvalue weighted by Gasteiger charge is -2.39. The average Bonchev–Trinajstić information content (AvgIpc) is 3.03. The molecule has 232 valence electrons. The molecule has 1 unspecified atom stereocenters. The molecule has 1 aromatic heterocycles. The van der Waals surface area contributed by atoms with Gasteiger partial charge in [-0.2, -0.15) is 0 Å². The van der Waals surface area contributed by atoms with Crippen molar-refractivity contribution in [2.75, 3.05) is 24.7 Å². The topological polar surface area (TPSA) is 133 Å². The quantitative estimate of drug-likeness (QED) is 0.152. The molecule has 3 aromatic carbocycles. The highest BCUT2D eigenvalue weighted by atomic mass is 19.1. The molecule has 0 bridgehead atoms. The number of anilines is 2. The summed E-state index contributed by atoms with van der Waals surface area (Å²) in [6.07, 6.45) is 4.17. The van der Waals surface area contributed by atoms with Gasteiger partial charge in [-0.05, 0) is 80.8 Å². The maximum atomic E-state index is 15.0. The molecule has 2 heterocycles. The largest absolute Gasteiger partial charge is 0.496 e. The number of ether oxygens (including phenoxy) is 1. The lowest BCUT2D eigenvalue weighted by atomic mass is 9.95. The molecule has 9 nitrogen and oxygen atoms in total. The van der Waals surface area contributed by atoms with Crippen LogP contribution in [0.4, 0.5) is 15.8 Å². The first-order valence-corrected chi connectivity index (χ1v) is 14.8. The molecule has 1 fully saturated rings. The van der Waals surface area contributed by atoms with Gasteiger partial charge in [-0.1, -0.05) is 23.8 Å². The summed E-state index contributed by atoms with van der Waals surface area (Å²) in [6.45, 7) is 4.36. The average molecular weight is 609 g/mol. The van der Waals surface area contributed by atoms with Crippen LogP contribution in [0.5, 0.6) is 5.75 Å². The van der Waals surface area contributed by atoms with Crippen LogP contribution < -0.4 is 21.1 Å². The number of methoxy groups -OCH3 is 1. The second-order valence-corrected chi connectivity index (χ2v) is 11.3. The molecule has 1 aliphatic heterocycles. The Morgan fingerprint density at radius 2 is 1.82 bits per heavy atom. The first-order chi connectivity index (χ1) is 21.6. The highest BCUT2D eigenvalue weighted by Gasteiger charge is 2.35. The monoisotopic (exact) mass is 608 g/mol. The number of nitrogen functional groups attached to an aromatic ring is 1. The van der Waals surface area contributed by atoms with Gasteiger partial charge in [0.2, 0.25) is 5.91 Å². The van der Waals surface area contributed by atoms with Crippen molar-refractivity contribution in [3.63, 3.8) is 0 Å². The van der Waals surface area contributed by atoms with Crippen molar-refractivity contribution in [2.45, 2.75) is 45.3 Å². The summed E-state index contributed by atoms with van der Waals surface area (Å²) in [4.78, 5) is 33.0. The fraction of sp³-hybridized carbons (Fsp3) is 0.257. The maximum Gasteiger partial charge on any atom is 0.251 e. The highest BCUT2D eigenvalue weighted by Crippen LogP contribution is 2.28. The van der Waals surface area contributed by atoms with Crippen LogP contribution in [0.2, 0.25) is 0 Å². The highest BCUT2D eigenvalue weighted by molar-refractivity contribution is 6.14. The van der Waals surface area contributed by atoms with E-state index >= 15 is 4.39 Å². The van der Waals surface area contributed by atoms with Crippen LogP contribution in [0, 0.1) is 25.1 Å². The predicted octanol–water partition coefficient (Wildman–Crippen LogP) is 5.25. The number of aromatic nitrogens is 1. The SMILES string of the molecule is COc1cccc(F)c1CN1C[C@H](NC(=O)c2ccc(N)c(C(=N)c3ccncc3)c2)CCC1C(=O)Nc1ccc(C)cc1C. The van der Waals surface area contributed by atoms with Gasteiger partial charge in [0, 0.05) is 65.2 Å². The molecule has 0 radical (unpaired) electrons.